The summed E-state index contributed by atoms with van der Waals surface area (Å²) >= 11 is 6.26. The second-order valence-corrected chi connectivity index (χ2v) is 4.68. The van der Waals surface area contributed by atoms with Crippen molar-refractivity contribution in [2.24, 2.45) is 0 Å². The fourth-order valence-corrected chi connectivity index (χ4v) is 2.40. The Bertz CT molecular complexity index is 579. The van der Waals surface area contributed by atoms with Crippen LogP contribution in [-0.2, 0) is 9.53 Å². The summed E-state index contributed by atoms with van der Waals surface area (Å²) in [7, 11) is 0. The van der Waals surface area contributed by atoms with Crippen LogP contribution in [-0.4, -0.2) is 18.5 Å². The van der Waals surface area contributed by atoms with Gasteiger partial charge in [-0.05, 0) is 22.4 Å². The van der Waals surface area contributed by atoms with E-state index < -0.39 is 6.10 Å². The smallest absolute Gasteiger partial charge is 0.189 e. The van der Waals surface area contributed by atoms with Crippen molar-refractivity contribution in [3.63, 3.8) is 0 Å². The summed E-state index contributed by atoms with van der Waals surface area (Å²) in [5.74, 6) is 0.0816. The SMILES string of the molecule is O=C1COC1[C@@H](Cl)c1ccc2ccccc2c1. The minimum atomic E-state index is -0.474. The molecule has 0 saturated carbocycles. The average molecular weight is 247 g/mol. The largest absolute Gasteiger partial charge is 0.361 e. The molecule has 1 fully saturated rings. The number of ether oxygens (including phenoxy) is 1. The van der Waals surface area contributed by atoms with Gasteiger partial charge in [0.25, 0.3) is 0 Å². The van der Waals surface area contributed by atoms with E-state index in [0.29, 0.717) is 0 Å². The number of rotatable bonds is 2. The zero-order valence-corrected chi connectivity index (χ0v) is 9.85. The van der Waals surface area contributed by atoms with Gasteiger partial charge in [-0.2, -0.15) is 0 Å². The molecular weight excluding hydrogens is 236 g/mol. The van der Waals surface area contributed by atoms with Crippen LogP contribution in [0.25, 0.3) is 10.8 Å². The Morgan fingerprint density at radius 2 is 1.94 bits per heavy atom. The minimum Gasteiger partial charge on any atom is -0.361 e. The van der Waals surface area contributed by atoms with Gasteiger partial charge in [0.1, 0.15) is 12.7 Å². The van der Waals surface area contributed by atoms with Crippen LogP contribution in [0.5, 0.6) is 0 Å². The first kappa shape index (κ1) is 10.8. The summed E-state index contributed by atoms with van der Waals surface area (Å²) in [6.07, 6.45) is -0.474. The zero-order chi connectivity index (χ0) is 11.8. The van der Waals surface area contributed by atoms with E-state index in [1.807, 2.05) is 42.5 Å². The first-order valence-corrected chi connectivity index (χ1v) is 5.96. The summed E-state index contributed by atoms with van der Waals surface area (Å²) in [6.45, 7) is 0.196. The third-order valence-electron chi connectivity index (χ3n) is 3.08. The molecule has 0 radical (unpaired) electrons. The molecule has 3 rings (SSSR count). The van der Waals surface area contributed by atoms with Crippen LogP contribution in [0.15, 0.2) is 42.5 Å². The fourth-order valence-electron chi connectivity index (χ4n) is 2.05. The van der Waals surface area contributed by atoms with E-state index in [-0.39, 0.29) is 17.8 Å². The van der Waals surface area contributed by atoms with E-state index in [4.69, 9.17) is 16.3 Å². The number of carbonyl (C=O) groups is 1. The predicted molar refractivity (Wildman–Crippen MR) is 67.3 cm³/mol. The second-order valence-electron chi connectivity index (χ2n) is 4.21. The summed E-state index contributed by atoms with van der Waals surface area (Å²) < 4.78 is 5.19. The van der Waals surface area contributed by atoms with Crippen molar-refractivity contribution >= 4 is 28.2 Å². The first-order valence-electron chi connectivity index (χ1n) is 5.53. The van der Waals surface area contributed by atoms with Gasteiger partial charge >= 0.3 is 0 Å². The van der Waals surface area contributed by atoms with Gasteiger partial charge in [-0.1, -0.05) is 36.4 Å². The lowest BCUT2D eigenvalue weighted by molar-refractivity contribution is -0.154. The van der Waals surface area contributed by atoms with E-state index in [1.165, 1.54) is 5.39 Å². The van der Waals surface area contributed by atoms with Gasteiger partial charge in [-0.3, -0.25) is 4.79 Å². The molecule has 0 amide bonds. The molecule has 0 spiro atoms. The Hall–Kier alpha value is -1.38. The number of hydrogen-bond donors (Lipinski definition) is 0. The maximum atomic E-state index is 11.3. The molecule has 1 aliphatic heterocycles. The summed E-state index contributed by atoms with van der Waals surface area (Å²) in [5.41, 5.74) is 0.934. The van der Waals surface area contributed by atoms with Crippen LogP contribution in [0, 0.1) is 0 Å². The van der Waals surface area contributed by atoms with Gasteiger partial charge in [0.15, 0.2) is 5.78 Å². The molecule has 1 aliphatic rings. The summed E-state index contributed by atoms with van der Waals surface area (Å²) in [6, 6.07) is 14.1. The number of halogens is 1. The van der Waals surface area contributed by atoms with Gasteiger partial charge in [0.2, 0.25) is 0 Å². The quantitative estimate of drug-likeness (QED) is 0.762. The van der Waals surface area contributed by atoms with E-state index in [0.717, 1.165) is 10.9 Å². The Kier molecular flexibility index (Phi) is 2.61. The molecule has 17 heavy (non-hydrogen) atoms. The molecule has 86 valence electrons. The van der Waals surface area contributed by atoms with E-state index in [2.05, 4.69) is 0 Å². The molecule has 1 unspecified atom stereocenters. The fraction of sp³-hybridized carbons (Fsp3) is 0.214. The standard InChI is InChI=1S/C14H11ClO2/c15-13(14-12(16)8-17-14)11-6-5-9-3-1-2-4-10(9)7-11/h1-7,13-14H,8H2/t13-,14?/m0/s1. The molecule has 0 bridgehead atoms. The highest BCUT2D eigenvalue weighted by molar-refractivity contribution is 6.23. The third-order valence-corrected chi connectivity index (χ3v) is 3.56. The third kappa shape index (κ3) is 1.84. The van der Waals surface area contributed by atoms with Crippen molar-refractivity contribution < 1.29 is 9.53 Å². The van der Waals surface area contributed by atoms with Gasteiger partial charge in [-0.25, -0.2) is 0 Å². The number of benzene rings is 2. The normalized spacial score (nSPS) is 21.2. The van der Waals surface area contributed by atoms with Gasteiger partial charge in [-0.15, -0.1) is 11.6 Å². The van der Waals surface area contributed by atoms with Gasteiger partial charge in [0, 0.05) is 0 Å². The highest BCUT2D eigenvalue weighted by atomic mass is 35.5. The highest BCUT2D eigenvalue weighted by Crippen LogP contribution is 2.32. The maximum absolute atomic E-state index is 11.3. The van der Waals surface area contributed by atoms with Crippen molar-refractivity contribution in [1.82, 2.24) is 0 Å². The Morgan fingerprint density at radius 1 is 1.18 bits per heavy atom. The Morgan fingerprint density at radius 3 is 2.59 bits per heavy atom. The maximum Gasteiger partial charge on any atom is 0.189 e. The lowest BCUT2D eigenvalue weighted by Gasteiger charge is -2.29. The Labute approximate surface area is 104 Å². The van der Waals surface area contributed by atoms with E-state index in [9.17, 15) is 4.79 Å². The molecule has 1 saturated heterocycles. The van der Waals surface area contributed by atoms with Crippen LogP contribution >= 0.6 is 11.6 Å². The van der Waals surface area contributed by atoms with Crippen LogP contribution in [0.3, 0.4) is 0 Å². The van der Waals surface area contributed by atoms with Crippen LogP contribution < -0.4 is 0 Å². The number of carbonyl (C=O) groups excluding carboxylic acids is 1. The Balaban J connectivity index is 1.97. The molecule has 2 atom stereocenters. The molecule has 2 aromatic carbocycles. The van der Waals surface area contributed by atoms with Crippen molar-refractivity contribution in [3.05, 3.63) is 48.0 Å². The van der Waals surface area contributed by atoms with Crippen molar-refractivity contribution in [2.45, 2.75) is 11.5 Å². The lowest BCUT2D eigenvalue weighted by Crippen LogP contribution is -2.42. The predicted octanol–water partition coefficient (Wildman–Crippen LogP) is 3.09. The molecule has 0 N–H and O–H groups in total. The summed E-state index contributed by atoms with van der Waals surface area (Å²) in [5, 5.41) is 1.91. The van der Waals surface area contributed by atoms with E-state index in [1.54, 1.807) is 0 Å². The molecular formula is C14H11ClO2. The van der Waals surface area contributed by atoms with Gasteiger partial charge < -0.3 is 4.74 Å². The van der Waals surface area contributed by atoms with Crippen molar-refractivity contribution in [3.8, 4) is 0 Å². The zero-order valence-electron chi connectivity index (χ0n) is 9.10. The highest BCUT2D eigenvalue weighted by Gasteiger charge is 2.36. The van der Waals surface area contributed by atoms with E-state index >= 15 is 0 Å². The molecule has 2 nitrogen and oxygen atoms in total. The lowest BCUT2D eigenvalue weighted by atomic mass is 9.98. The van der Waals surface area contributed by atoms with Crippen LogP contribution in [0.2, 0.25) is 0 Å². The molecule has 0 aromatic heterocycles. The van der Waals surface area contributed by atoms with Crippen molar-refractivity contribution in [1.29, 1.82) is 0 Å². The molecule has 2 aromatic rings. The minimum absolute atomic E-state index is 0.0816. The summed E-state index contributed by atoms with van der Waals surface area (Å²) in [4.78, 5) is 11.3. The second kappa shape index (κ2) is 4.13. The molecule has 0 aliphatic carbocycles. The number of alkyl halides is 1. The number of hydrogen-bond acceptors (Lipinski definition) is 2. The topological polar surface area (TPSA) is 26.3 Å². The number of Topliss-reactive ketones (excluding diaryl/α,β-unsaturated/α-hetero) is 1. The number of fused-ring (bicyclic) bond motifs is 1. The van der Waals surface area contributed by atoms with Crippen LogP contribution in [0.1, 0.15) is 10.9 Å². The molecule has 1 heterocycles. The average Bonchev–Trinajstić information content (AvgIpc) is 2.36. The van der Waals surface area contributed by atoms with Crippen molar-refractivity contribution in [2.75, 3.05) is 6.61 Å². The van der Waals surface area contributed by atoms with Gasteiger partial charge in [0.05, 0.1) is 5.38 Å². The molecule has 3 heteroatoms. The van der Waals surface area contributed by atoms with Crippen LogP contribution in [0.4, 0.5) is 0 Å². The monoisotopic (exact) mass is 246 g/mol. The number of ketones is 1. The first-order chi connectivity index (χ1) is 8.25.